The van der Waals surface area contributed by atoms with Gasteiger partial charge in [0.05, 0.1) is 18.3 Å². The van der Waals surface area contributed by atoms with Crippen molar-refractivity contribution >= 4 is 32.8 Å². The maximum Gasteiger partial charge on any atom is 0.354 e. The van der Waals surface area contributed by atoms with E-state index in [2.05, 4.69) is 20.9 Å². The van der Waals surface area contributed by atoms with Gasteiger partial charge in [0, 0.05) is 12.4 Å². The van der Waals surface area contributed by atoms with E-state index in [1.165, 1.54) is 0 Å². The minimum Gasteiger partial charge on any atom is -0.461 e. The van der Waals surface area contributed by atoms with Crippen molar-refractivity contribution in [1.29, 1.82) is 0 Å². The Morgan fingerprint density at radius 1 is 1.56 bits per heavy atom. The van der Waals surface area contributed by atoms with E-state index in [0.717, 1.165) is 15.5 Å². The summed E-state index contributed by atoms with van der Waals surface area (Å²) in [5, 5.41) is 0.965. The molecule has 0 N–H and O–H groups in total. The molecular weight excluding hydrogens is 272 g/mol. The molecule has 16 heavy (non-hydrogen) atoms. The SMILES string of the molecule is CCOC(=O)c1cc2cc(Br)ncc2n1C. The third kappa shape index (κ3) is 1.82. The first kappa shape index (κ1) is 11.1. The van der Waals surface area contributed by atoms with E-state index in [1.807, 2.05) is 13.1 Å². The number of ether oxygens (including phenoxy) is 1. The van der Waals surface area contributed by atoms with Crippen molar-refractivity contribution in [2.75, 3.05) is 6.61 Å². The molecule has 0 aliphatic rings. The topological polar surface area (TPSA) is 44.1 Å². The number of esters is 1. The van der Waals surface area contributed by atoms with Gasteiger partial charge in [-0.1, -0.05) is 0 Å². The number of carbonyl (C=O) groups excluding carboxylic acids is 1. The lowest BCUT2D eigenvalue weighted by atomic mass is 10.3. The second kappa shape index (κ2) is 4.25. The highest BCUT2D eigenvalue weighted by Gasteiger charge is 2.14. The highest BCUT2D eigenvalue weighted by Crippen LogP contribution is 2.21. The zero-order valence-electron chi connectivity index (χ0n) is 9.03. The minimum atomic E-state index is -0.308. The van der Waals surface area contributed by atoms with Gasteiger partial charge in [0.2, 0.25) is 0 Å². The van der Waals surface area contributed by atoms with Crippen LogP contribution in [0.5, 0.6) is 0 Å². The molecule has 0 saturated carbocycles. The average Bonchev–Trinajstić information content (AvgIpc) is 2.56. The zero-order valence-corrected chi connectivity index (χ0v) is 10.6. The summed E-state index contributed by atoms with van der Waals surface area (Å²) in [7, 11) is 1.82. The molecule has 2 rings (SSSR count). The molecule has 0 aliphatic heterocycles. The van der Waals surface area contributed by atoms with Crippen molar-refractivity contribution in [2.24, 2.45) is 7.05 Å². The van der Waals surface area contributed by atoms with Crippen molar-refractivity contribution in [1.82, 2.24) is 9.55 Å². The van der Waals surface area contributed by atoms with Crippen LogP contribution in [-0.2, 0) is 11.8 Å². The molecule has 4 nitrogen and oxygen atoms in total. The lowest BCUT2D eigenvalue weighted by Gasteiger charge is -2.02. The van der Waals surface area contributed by atoms with E-state index in [1.54, 1.807) is 23.8 Å². The fourth-order valence-electron chi connectivity index (χ4n) is 1.61. The first-order chi connectivity index (χ1) is 7.63. The van der Waals surface area contributed by atoms with Gasteiger partial charge in [-0.2, -0.15) is 0 Å². The zero-order chi connectivity index (χ0) is 11.7. The molecule has 5 heteroatoms. The number of carbonyl (C=O) groups is 1. The molecule has 0 aromatic carbocycles. The Morgan fingerprint density at radius 2 is 2.31 bits per heavy atom. The first-order valence-corrected chi connectivity index (χ1v) is 5.71. The number of hydrogen-bond acceptors (Lipinski definition) is 3. The Balaban J connectivity index is 2.55. The third-order valence-electron chi connectivity index (χ3n) is 2.38. The summed E-state index contributed by atoms with van der Waals surface area (Å²) in [6, 6.07) is 3.68. The van der Waals surface area contributed by atoms with Crippen molar-refractivity contribution in [3.63, 3.8) is 0 Å². The standard InChI is InChI=1S/C11H11BrN2O2/c1-3-16-11(15)8-4-7-5-10(12)13-6-9(7)14(8)2/h4-6H,3H2,1-2H3. The number of rotatable bonds is 2. The summed E-state index contributed by atoms with van der Waals surface area (Å²) >= 11 is 3.30. The number of fused-ring (bicyclic) bond motifs is 1. The summed E-state index contributed by atoms with van der Waals surface area (Å²) in [6.45, 7) is 2.17. The molecule has 0 radical (unpaired) electrons. The van der Waals surface area contributed by atoms with E-state index in [0.29, 0.717) is 12.3 Å². The van der Waals surface area contributed by atoms with Crippen LogP contribution in [0.4, 0.5) is 0 Å². The smallest absolute Gasteiger partial charge is 0.354 e. The van der Waals surface area contributed by atoms with Crippen LogP contribution in [0.1, 0.15) is 17.4 Å². The predicted molar refractivity (Wildman–Crippen MR) is 64.4 cm³/mol. The van der Waals surface area contributed by atoms with Crippen LogP contribution in [0, 0.1) is 0 Å². The Kier molecular flexibility index (Phi) is 2.96. The van der Waals surface area contributed by atoms with Crippen LogP contribution < -0.4 is 0 Å². The molecule has 0 atom stereocenters. The molecule has 2 heterocycles. The number of aryl methyl sites for hydroxylation is 1. The fraction of sp³-hybridized carbons (Fsp3) is 0.273. The minimum absolute atomic E-state index is 0.308. The van der Waals surface area contributed by atoms with E-state index in [-0.39, 0.29) is 5.97 Å². The predicted octanol–water partition coefficient (Wildman–Crippen LogP) is 2.51. The molecular formula is C11H11BrN2O2. The van der Waals surface area contributed by atoms with Gasteiger partial charge in [-0.05, 0) is 35.0 Å². The van der Waals surface area contributed by atoms with E-state index < -0.39 is 0 Å². The van der Waals surface area contributed by atoms with Crippen LogP contribution in [0.15, 0.2) is 22.9 Å². The van der Waals surface area contributed by atoms with Gasteiger partial charge in [-0.25, -0.2) is 9.78 Å². The number of nitrogens with zero attached hydrogens (tertiary/aromatic N) is 2. The van der Waals surface area contributed by atoms with Crippen molar-refractivity contribution in [3.05, 3.63) is 28.6 Å². The van der Waals surface area contributed by atoms with Crippen LogP contribution >= 0.6 is 15.9 Å². The largest absolute Gasteiger partial charge is 0.461 e. The van der Waals surface area contributed by atoms with Crippen LogP contribution in [0.3, 0.4) is 0 Å². The lowest BCUT2D eigenvalue weighted by Crippen LogP contribution is -2.09. The summed E-state index contributed by atoms with van der Waals surface area (Å²) in [4.78, 5) is 15.8. The van der Waals surface area contributed by atoms with Gasteiger partial charge < -0.3 is 9.30 Å². The summed E-state index contributed by atoms with van der Waals surface area (Å²) in [5.41, 5.74) is 1.45. The Morgan fingerprint density at radius 3 is 3.00 bits per heavy atom. The van der Waals surface area contributed by atoms with Crippen molar-refractivity contribution in [3.8, 4) is 0 Å². The third-order valence-corrected chi connectivity index (χ3v) is 2.81. The molecule has 0 amide bonds. The second-order valence-corrected chi connectivity index (χ2v) is 4.19. The second-order valence-electron chi connectivity index (χ2n) is 3.37. The van der Waals surface area contributed by atoms with E-state index in [4.69, 9.17) is 4.74 Å². The Bertz CT molecular complexity index is 548. The average molecular weight is 283 g/mol. The summed E-state index contributed by atoms with van der Waals surface area (Å²) in [6.07, 6.45) is 1.72. The highest BCUT2D eigenvalue weighted by atomic mass is 79.9. The molecule has 84 valence electrons. The van der Waals surface area contributed by atoms with Gasteiger partial charge >= 0.3 is 5.97 Å². The molecule has 2 aromatic rings. The van der Waals surface area contributed by atoms with Crippen LogP contribution in [-0.4, -0.2) is 22.1 Å². The van der Waals surface area contributed by atoms with Gasteiger partial charge in [0.15, 0.2) is 0 Å². The monoisotopic (exact) mass is 282 g/mol. The van der Waals surface area contributed by atoms with Gasteiger partial charge in [-0.15, -0.1) is 0 Å². The molecule has 0 bridgehead atoms. The molecule has 0 saturated heterocycles. The normalized spacial score (nSPS) is 10.7. The number of hydrogen-bond donors (Lipinski definition) is 0. The van der Waals surface area contributed by atoms with E-state index >= 15 is 0 Å². The number of halogens is 1. The van der Waals surface area contributed by atoms with Gasteiger partial charge in [-0.3, -0.25) is 0 Å². The van der Waals surface area contributed by atoms with Crippen LogP contribution in [0.25, 0.3) is 10.9 Å². The molecule has 0 spiro atoms. The summed E-state index contributed by atoms with van der Waals surface area (Å²) < 4.78 is 7.51. The van der Waals surface area contributed by atoms with Crippen LogP contribution in [0.2, 0.25) is 0 Å². The quantitative estimate of drug-likeness (QED) is 0.628. The first-order valence-electron chi connectivity index (χ1n) is 4.91. The molecule has 2 aromatic heterocycles. The van der Waals surface area contributed by atoms with E-state index in [9.17, 15) is 4.79 Å². The lowest BCUT2D eigenvalue weighted by molar-refractivity contribution is 0.0516. The van der Waals surface area contributed by atoms with Crippen molar-refractivity contribution < 1.29 is 9.53 Å². The van der Waals surface area contributed by atoms with Gasteiger partial charge in [0.25, 0.3) is 0 Å². The molecule has 0 fully saturated rings. The Labute approximate surface area is 101 Å². The Hall–Kier alpha value is -1.36. The fourth-order valence-corrected chi connectivity index (χ4v) is 1.96. The van der Waals surface area contributed by atoms with Gasteiger partial charge in [0.1, 0.15) is 10.3 Å². The molecule has 0 aliphatic carbocycles. The summed E-state index contributed by atoms with van der Waals surface area (Å²) in [5.74, 6) is -0.308. The highest BCUT2D eigenvalue weighted by molar-refractivity contribution is 9.10. The van der Waals surface area contributed by atoms with Crippen molar-refractivity contribution in [2.45, 2.75) is 6.92 Å². The number of aromatic nitrogens is 2. The maximum absolute atomic E-state index is 11.6. The molecule has 0 unspecified atom stereocenters. The maximum atomic E-state index is 11.6. The number of pyridine rings is 1.